The molecule has 4 rings (SSSR count). The summed E-state index contributed by atoms with van der Waals surface area (Å²) in [5, 5.41) is 10.4. The van der Waals surface area contributed by atoms with Crippen molar-refractivity contribution in [3.05, 3.63) is 23.8 Å². The molecule has 0 bridgehead atoms. The van der Waals surface area contributed by atoms with Gasteiger partial charge in [0.1, 0.15) is 0 Å². The van der Waals surface area contributed by atoms with E-state index in [2.05, 4.69) is 18.7 Å². The second-order valence-corrected chi connectivity index (χ2v) is 10.4. The van der Waals surface area contributed by atoms with Crippen molar-refractivity contribution in [1.29, 1.82) is 0 Å². The van der Waals surface area contributed by atoms with Crippen molar-refractivity contribution >= 4 is 17.8 Å². The summed E-state index contributed by atoms with van der Waals surface area (Å²) in [6.45, 7) is 7.74. The molecule has 0 radical (unpaired) electrons. The molecule has 9 heteroatoms. The van der Waals surface area contributed by atoms with E-state index in [1.54, 1.807) is 0 Å². The van der Waals surface area contributed by atoms with Gasteiger partial charge in [-0.15, -0.1) is 0 Å². The first-order valence-corrected chi connectivity index (χ1v) is 13.8. The summed E-state index contributed by atoms with van der Waals surface area (Å²) in [5.74, 6) is -0.383. The lowest BCUT2D eigenvalue weighted by Crippen LogP contribution is -2.45. The van der Waals surface area contributed by atoms with Crippen molar-refractivity contribution in [2.24, 2.45) is 5.92 Å². The monoisotopic (exact) mass is 515 g/mol. The maximum atomic E-state index is 13.5. The maximum Gasteiger partial charge on any atom is 0.308 e. The van der Waals surface area contributed by atoms with Gasteiger partial charge in [-0.3, -0.25) is 19.3 Å². The van der Waals surface area contributed by atoms with Crippen LogP contribution in [0.15, 0.2) is 18.2 Å². The normalized spacial score (nSPS) is 23.1. The smallest absolute Gasteiger partial charge is 0.308 e. The largest absolute Gasteiger partial charge is 0.481 e. The van der Waals surface area contributed by atoms with E-state index in [1.807, 2.05) is 28.0 Å². The van der Waals surface area contributed by atoms with Crippen LogP contribution in [0.2, 0.25) is 0 Å². The van der Waals surface area contributed by atoms with Crippen molar-refractivity contribution in [1.82, 2.24) is 14.7 Å². The average molecular weight is 516 g/mol. The lowest BCUT2D eigenvalue weighted by Gasteiger charge is -2.30. The van der Waals surface area contributed by atoms with Crippen molar-refractivity contribution in [3.63, 3.8) is 0 Å². The van der Waals surface area contributed by atoms with Gasteiger partial charge in [-0.25, -0.2) is 0 Å². The number of hydrogen-bond donors (Lipinski definition) is 1. The molecule has 0 aromatic heterocycles. The fourth-order valence-corrected chi connectivity index (χ4v) is 5.90. The van der Waals surface area contributed by atoms with Gasteiger partial charge in [0.25, 0.3) is 0 Å². The van der Waals surface area contributed by atoms with Crippen LogP contribution in [0.25, 0.3) is 0 Å². The Bertz CT molecular complexity index is 961. The fraction of sp³-hybridized carbons (Fsp3) is 0.679. The quantitative estimate of drug-likeness (QED) is 0.430. The number of carboxylic acid groups (broad SMARTS) is 1. The van der Waals surface area contributed by atoms with Crippen LogP contribution in [-0.2, 0) is 14.4 Å². The minimum absolute atomic E-state index is 0.0552. The molecule has 204 valence electrons. The molecule has 9 nitrogen and oxygen atoms in total. The van der Waals surface area contributed by atoms with Crippen LogP contribution in [-0.4, -0.2) is 89.7 Å². The van der Waals surface area contributed by atoms with Gasteiger partial charge in [0, 0.05) is 51.1 Å². The Morgan fingerprint density at radius 1 is 1.11 bits per heavy atom. The zero-order chi connectivity index (χ0) is 26.4. The molecule has 3 heterocycles. The zero-order valence-corrected chi connectivity index (χ0v) is 22.2. The molecule has 1 aromatic rings. The zero-order valence-electron chi connectivity index (χ0n) is 22.2. The predicted octanol–water partition coefficient (Wildman–Crippen LogP) is 3.33. The van der Waals surface area contributed by atoms with Gasteiger partial charge in [-0.05, 0) is 43.4 Å². The van der Waals surface area contributed by atoms with E-state index in [1.165, 1.54) is 0 Å². The van der Waals surface area contributed by atoms with Crippen LogP contribution in [0.4, 0.5) is 0 Å². The first-order valence-electron chi connectivity index (χ1n) is 13.8. The van der Waals surface area contributed by atoms with Crippen molar-refractivity contribution < 1.29 is 29.0 Å². The van der Waals surface area contributed by atoms with Gasteiger partial charge in [0.2, 0.25) is 18.6 Å². The summed E-state index contributed by atoms with van der Waals surface area (Å²) in [6.07, 6.45) is 5.86. The van der Waals surface area contributed by atoms with Crippen LogP contribution < -0.4 is 9.47 Å². The number of benzene rings is 1. The van der Waals surface area contributed by atoms with Crippen LogP contribution in [0.1, 0.15) is 70.3 Å². The molecular weight excluding hydrogens is 474 g/mol. The van der Waals surface area contributed by atoms with Gasteiger partial charge in [-0.1, -0.05) is 32.8 Å². The minimum atomic E-state index is -0.871. The summed E-state index contributed by atoms with van der Waals surface area (Å²) in [5.41, 5.74) is 0.877. The number of ether oxygens (including phenoxy) is 2. The molecule has 37 heavy (non-hydrogen) atoms. The Kier molecular flexibility index (Phi) is 9.29. The molecule has 3 aliphatic heterocycles. The van der Waals surface area contributed by atoms with Gasteiger partial charge in [-0.2, -0.15) is 0 Å². The van der Waals surface area contributed by atoms with Crippen LogP contribution in [0.3, 0.4) is 0 Å². The van der Waals surface area contributed by atoms with Gasteiger partial charge in [0.05, 0.1) is 12.5 Å². The van der Waals surface area contributed by atoms with E-state index in [-0.39, 0.29) is 37.1 Å². The number of nitrogens with zero attached hydrogens (tertiary/aromatic N) is 3. The molecule has 2 amide bonds. The lowest BCUT2D eigenvalue weighted by atomic mass is 9.84. The molecular formula is C28H41N3O6. The number of hydrogen-bond acceptors (Lipinski definition) is 6. The molecule has 1 aromatic carbocycles. The third kappa shape index (κ3) is 6.37. The first kappa shape index (κ1) is 27.2. The number of carbonyl (C=O) groups is 3. The third-order valence-corrected chi connectivity index (χ3v) is 7.98. The highest BCUT2D eigenvalue weighted by Gasteiger charge is 2.47. The molecule has 1 N–H and O–H groups in total. The van der Waals surface area contributed by atoms with Crippen LogP contribution >= 0.6 is 0 Å². The highest BCUT2D eigenvalue weighted by molar-refractivity contribution is 5.79. The van der Waals surface area contributed by atoms with Crippen molar-refractivity contribution in [3.8, 4) is 11.5 Å². The molecule has 2 saturated heterocycles. The average Bonchev–Trinajstić information content (AvgIpc) is 3.60. The second kappa shape index (κ2) is 12.6. The van der Waals surface area contributed by atoms with Gasteiger partial charge in [0.15, 0.2) is 11.5 Å². The molecule has 3 atom stereocenters. The number of unbranched alkanes of at least 4 members (excludes halogenated alkanes) is 2. The summed E-state index contributed by atoms with van der Waals surface area (Å²) >= 11 is 0. The third-order valence-electron chi connectivity index (χ3n) is 7.98. The van der Waals surface area contributed by atoms with Gasteiger partial charge >= 0.3 is 5.97 Å². The number of rotatable bonds is 13. The predicted molar refractivity (Wildman–Crippen MR) is 139 cm³/mol. The number of amides is 2. The number of fused-ring (bicyclic) bond motifs is 1. The molecule has 0 aliphatic carbocycles. The number of carboxylic acids is 1. The maximum absolute atomic E-state index is 13.5. The Labute approximate surface area is 219 Å². The van der Waals surface area contributed by atoms with E-state index in [4.69, 9.17) is 9.47 Å². The van der Waals surface area contributed by atoms with Crippen LogP contribution in [0.5, 0.6) is 11.5 Å². The topological polar surface area (TPSA) is 99.6 Å². The Hall–Kier alpha value is -2.81. The van der Waals surface area contributed by atoms with E-state index in [9.17, 15) is 19.5 Å². The number of likely N-dealkylation sites (tertiary alicyclic amines) is 2. The Morgan fingerprint density at radius 3 is 2.49 bits per heavy atom. The minimum Gasteiger partial charge on any atom is -0.481 e. The molecule has 0 spiro atoms. The second-order valence-electron chi connectivity index (χ2n) is 10.4. The highest BCUT2D eigenvalue weighted by atomic mass is 16.7. The van der Waals surface area contributed by atoms with E-state index < -0.39 is 11.9 Å². The summed E-state index contributed by atoms with van der Waals surface area (Å²) < 4.78 is 11.0. The van der Waals surface area contributed by atoms with E-state index in [0.717, 1.165) is 57.3 Å². The molecule has 2 fully saturated rings. The molecule has 3 unspecified atom stereocenters. The van der Waals surface area contributed by atoms with Crippen molar-refractivity contribution in [2.45, 2.75) is 70.8 Å². The SMILES string of the molecule is CCCCN(CCCC)C(=O)CN1CC(c2ccc3c(c2)OCO3)C(C(=O)O)C1CCN1CCCC1=O. The summed E-state index contributed by atoms with van der Waals surface area (Å²) in [7, 11) is 0. The first-order chi connectivity index (χ1) is 17.9. The summed E-state index contributed by atoms with van der Waals surface area (Å²) in [4.78, 5) is 44.2. The highest BCUT2D eigenvalue weighted by Crippen LogP contribution is 2.42. The van der Waals surface area contributed by atoms with E-state index >= 15 is 0 Å². The number of aliphatic carboxylic acids is 1. The fourth-order valence-electron chi connectivity index (χ4n) is 5.90. The standard InChI is InChI=1S/C28H41N3O6/c1-3-5-12-29(13-6-4-2)26(33)18-31-17-21(20-9-10-23-24(16-20)37-19-36-23)27(28(34)35)22(31)11-15-30-14-7-8-25(30)32/h9-10,16,21-22,27H,3-8,11-15,17-19H2,1-2H3,(H,34,35). The molecule has 0 saturated carbocycles. The van der Waals surface area contributed by atoms with Gasteiger partial charge < -0.3 is 24.4 Å². The molecule has 3 aliphatic rings. The lowest BCUT2D eigenvalue weighted by molar-refractivity contribution is -0.144. The Morgan fingerprint density at radius 2 is 1.84 bits per heavy atom. The van der Waals surface area contributed by atoms with Crippen molar-refractivity contribution in [2.75, 3.05) is 46.1 Å². The Balaban J connectivity index is 1.57. The summed E-state index contributed by atoms with van der Waals surface area (Å²) in [6, 6.07) is 5.28. The van der Waals surface area contributed by atoms with Crippen LogP contribution in [0, 0.1) is 5.92 Å². The van der Waals surface area contributed by atoms with E-state index in [0.29, 0.717) is 37.4 Å². The number of carbonyl (C=O) groups excluding carboxylic acids is 2.